The van der Waals surface area contributed by atoms with E-state index in [1.165, 1.54) is 0 Å². The lowest BCUT2D eigenvalue weighted by molar-refractivity contribution is -0.139. The summed E-state index contributed by atoms with van der Waals surface area (Å²) in [5, 5.41) is 6.61. The molecule has 0 fully saturated rings. The van der Waals surface area contributed by atoms with Gasteiger partial charge in [-0.15, -0.1) is 0 Å². The number of hydrogen-bond donors (Lipinski definition) is 2. The minimum atomic E-state index is -0.475. The summed E-state index contributed by atoms with van der Waals surface area (Å²) in [5.41, 5.74) is 3.03. The Morgan fingerprint density at radius 1 is 1.07 bits per heavy atom. The Morgan fingerprint density at radius 2 is 1.72 bits per heavy atom. The van der Waals surface area contributed by atoms with Crippen LogP contribution in [0.15, 0.2) is 59.8 Å². The molecule has 6 nitrogen and oxygen atoms in total. The maximum absolute atomic E-state index is 12.9. The number of hydrogen-bond acceptors (Lipinski definition) is 5. The zero-order valence-corrected chi connectivity index (χ0v) is 17.5. The third kappa shape index (κ3) is 5.06. The van der Waals surface area contributed by atoms with E-state index in [0.717, 1.165) is 11.1 Å². The Hall–Kier alpha value is -3.06. The van der Waals surface area contributed by atoms with Crippen LogP contribution in [0.1, 0.15) is 24.1 Å². The van der Waals surface area contributed by atoms with Crippen molar-refractivity contribution in [3.8, 4) is 11.5 Å². The van der Waals surface area contributed by atoms with Crippen molar-refractivity contribution in [1.82, 2.24) is 10.6 Å². The minimum absolute atomic E-state index is 0.290. The Kier molecular flexibility index (Phi) is 6.72. The van der Waals surface area contributed by atoms with Crippen LogP contribution in [0.5, 0.6) is 11.5 Å². The molecule has 0 radical (unpaired) electrons. The maximum Gasteiger partial charge on any atom is 0.338 e. The molecule has 2 aromatic carbocycles. The number of rotatable bonds is 7. The topological polar surface area (TPSA) is 68.8 Å². The number of benzene rings is 2. The van der Waals surface area contributed by atoms with Gasteiger partial charge in [-0.3, -0.25) is 0 Å². The first-order valence-corrected chi connectivity index (χ1v) is 9.65. The van der Waals surface area contributed by atoms with E-state index in [1.54, 1.807) is 20.3 Å². The van der Waals surface area contributed by atoms with Gasteiger partial charge in [-0.05, 0) is 42.4 Å². The van der Waals surface area contributed by atoms with Crippen LogP contribution in [0.25, 0.3) is 0 Å². The summed E-state index contributed by atoms with van der Waals surface area (Å²) in [6, 6.07) is 14.9. The summed E-state index contributed by atoms with van der Waals surface area (Å²) in [4.78, 5) is 12.9. The van der Waals surface area contributed by atoms with Gasteiger partial charge in [0.2, 0.25) is 0 Å². The first kappa shape index (κ1) is 20.7. The van der Waals surface area contributed by atoms with Crippen LogP contribution in [-0.2, 0) is 16.0 Å². The normalized spacial score (nSPS) is 16.0. The summed E-state index contributed by atoms with van der Waals surface area (Å²) >= 11 is 5.30. The first-order chi connectivity index (χ1) is 14.0. The maximum atomic E-state index is 12.9. The fraction of sp³-hybridized carbons (Fsp3) is 0.273. The highest BCUT2D eigenvalue weighted by molar-refractivity contribution is 7.80. The average Bonchev–Trinajstić information content (AvgIpc) is 2.73. The number of allylic oxidation sites excluding steroid dienone is 1. The lowest BCUT2D eigenvalue weighted by Crippen LogP contribution is -2.45. The van der Waals surface area contributed by atoms with Crippen LogP contribution in [0.2, 0.25) is 0 Å². The molecule has 152 valence electrons. The smallest absolute Gasteiger partial charge is 0.338 e. The quantitative estimate of drug-likeness (QED) is 0.534. The van der Waals surface area contributed by atoms with Crippen molar-refractivity contribution < 1.29 is 19.0 Å². The predicted molar refractivity (Wildman–Crippen MR) is 115 cm³/mol. The van der Waals surface area contributed by atoms with Gasteiger partial charge in [-0.25, -0.2) is 4.79 Å². The van der Waals surface area contributed by atoms with E-state index in [0.29, 0.717) is 34.3 Å². The van der Waals surface area contributed by atoms with Gasteiger partial charge < -0.3 is 24.8 Å². The molecular weight excluding hydrogens is 388 g/mol. The Bertz CT molecular complexity index is 905. The van der Waals surface area contributed by atoms with Crippen molar-refractivity contribution in [1.29, 1.82) is 0 Å². The summed E-state index contributed by atoms with van der Waals surface area (Å²) < 4.78 is 16.3. The highest BCUT2D eigenvalue weighted by atomic mass is 32.1. The van der Waals surface area contributed by atoms with E-state index in [2.05, 4.69) is 10.6 Å². The third-order valence-corrected chi connectivity index (χ3v) is 4.88. The molecular formula is C22H24N2O4S. The first-order valence-electron chi connectivity index (χ1n) is 9.24. The van der Waals surface area contributed by atoms with Gasteiger partial charge in [0.15, 0.2) is 5.11 Å². The number of carbonyl (C=O) groups excluding carboxylic acids is 1. The standard InChI is InChI=1S/C22H24N2O4S/c1-14-19(21(25)28-10-9-15-7-5-4-6-8-15)20(24-22(29)23-14)16-11-17(26-2)13-18(12-16)27-3/h4-8,11-13,20H,9-10H2,1-3H3,(H2,23,24,29). The SMILES string of the molecule is COc1cc(OC)cc(C2NC(=S)NC(C)=C2C(=O)OCCc2ccccc2)c1. The second-order valence-electron chi connectivity index (χ2n) is 6.59. The van der Waals surface area contributed by atoms with Crippen LogP contribution in [0.3, 0.4) is 0 Å². The van der Waals surface area contributed by atoms with Gasteiger partial charge in [0.05, 0.1) is 32.4 Å². The predicted octanol–water partition coefficient (Wildman–Crippen LogP) is 3.28. The van der Waals surface area contributed by atoms with Crippen molar-refractivity contribution in [2.75, 3.05) is 20.8 Å². The number of esters is 1. The zero-order valence-electron chi connectivity index (χ0n) is 16.7. The lowest BCUT2D eigenvalue weighted by atomic mass is 9.95. The molecule has 29 heavy (non-hydrogen) atoms. The van der Waals surface area contributed by atoms with E-state index in [1.807, 2.05) is 49.4 Å². The van der Waals surface area contributed by atoms with E-state index < -0.39 is 12.0 Å². The monoisotopic (exact) mass is 412 g/mol. The van der Waals surface area contributed by atoms with Crippen LogP contribution in [0, 0.1) is 0 Å². The highest BCUT2D eigenvalue weighted by Crippen LogP contribution is 2.33. The van der Waals surface area contributed by atoms with E-state index in [9.17, 15) is 4.79 Å². The molecule has 7 heteroatoms. The van der Waals surface area contributed by atoms with Crippen molar-refractivity contribution in [2.24, 2.45) is 0 Å². The highest BCUT2D eigenvalue weighted by Gasteiger charge is 2.31. The molecule has 1 atom stereocenters. The number of nitrogens with one attached hydrogen (secondary N) is 2. The van der Waals surface area contributed by atoms with E-state index in [4.69, 9.17) is 26.4 Å². The Morgan fingerprint density at radius 3 is 2.34 bits per heavy atom. The molecule has 0 amide bonds. The van der Waals surface area contributed by atoms with Gasteiger partial charge in [-0.2, -0.15) is 0 Å². The van der Waals surface area contributed by atoms with E-state index in [-0.39, 0.29) is 6.61 Å². The second-order valence-corrected chi connectivity index (χ2v) is 7.00. The molecule has 2 N–H and O–H groups in total. The number of methoxy groups -OCH3 is 2. The van der Waals surface area contributed by atoms with Gasteiger partial charge >= 0.3 is 5.97 Å². The van der Waals surface area contributed by atoms with Gasteiger partial charge in [0.25, 0.3) is 0 Å². The second kappa shape index (κ2) is 9.43. The fourth-order valence-electron chi connectivity index (χ4n) is 3.19. The lowest BCUT2D eigenvalue weighted by Gasteiger charge is -2.30. The Labute approximate surface area is 175 Å². The largest absolute Gasteiger partial charge is 0.497 e. The molecule has 1 aliphatic rings. The summed E-state index contributed by atoms with van der Waals surface area (Å²) in [5.74, 6) is 0.854. The van der Waals surface area contributed by atoms with Crippen molar-refractivity contribution in [2.45, 2.75) is 19.4 Å². The molecule has 1 aliphatic heterocycles. The average molecular weight is 413 g/mol. The molecule has 0 saturated carbocycles. The van der Waals surface area contributed by atoms with Crippen LogP contribution in [-0.4, -0.2) is 31.9 Å². The number of ether oxygens (including phenoxy) is 3. The fourth-order valence-corrected chi connectivity index (χ4v) is 3.47. The Balaban J connectivity index is 1.83. The molecule has 0 aliphatic carbocycles. The molecule has 0 saturated heterocycles. The number of thiocarbonyl (C=S) groups is 1. The van der Waals surface area contributed by atoms with Gasteiger partial charge in [0, 0.05) is 18.2 Å². The third-order valence-electron chi connectivity index (χ3n) is 4.66. The molecule has 3 rings (SSSR count). The number of carbonyl (C=O) groups is 1. The summed E-state index contributed by atoms with van der Waals surface area (Å²) in [7, 11) is 3.16. The van der Waals surface area contributed by atoms with Gasteiger partial charge in [-0.1, -0.05) is 30.3 Å². The summed E-state index contributed by atoms with van der Waals surface area (Å²) in [6.45, 7) is 2.10. The molecule has 1 unspecified atom stereocenters. The minimum Gasteiger partial charge on any atom is -0.497 e. The molecule has 0 spiro atoms. The molecule has 2 aromatic rings. The zero-order chi connectivity index (χ0) is 20.8. The van der Waals surface area contributed by atoms with Crippen LogP contribution in [0.4, 0.5) is 0 Å². The van der Waals surface area contributed by atoms with Gasteiger partial charge in [0.1, 0.15) is 11.5 Å². The summed E-state index contributed by atoms with van der Waals surface area (Å²) in [6.07, 6.45) is 0.649. The van der Waals surface area contributed by atoms with Crippen LogP contribution < -0.4 is 20.1 Å². The molecule has 1 heterocycles. The van der Waals surface area contributed by atoms with Crippen molar-refractivity contribution in [3.05, 3.63) is 70.9 Å². The molecule has 0 bridgehead atoms. The molecule has 0 aromatic heterocycles. The van der Waals surface area contributed by atoms with Crippen molar-refractivity contribution >= 4 is 23.3 Å². The van der Waals surface area contributed by atoms with Crippen molar-refractivity contribution in [3.63, 3.8) is 0 Å². The van der Waals surface area contributed by atoms with E-state index >= 15 is 0 Å². The van der Waals surface area contributed by atoms with Crippen LogP contribution >= 0.6 is 12.2 Å².